The minimum atomic E-state index is 0.0751. The summed E-state index contributed by atoms with van der Waals surface area (Å²) >= 11 is 0. The lowest BCUT2D eigenvalue weighted by Gasteiger charge is -2.17. The highest BCUT2D eigenvalue weighted by Crippen LogP contribution is 2.26. The molecule has 0 fully saturated rings. The van der Waals surface area contributed by atoms with Crippen LogP contribution < -0.4 is 10.5 Å². The van der Waals surface area contributed by atoms with Crippen molar-refractivity contribution in [2.45, 2.75) is 26.3 Å². The highest BCUT2D eigenvalue weighted by molar-refractivity contribution is 5.35. The first-order chi connectivity index (χ1) is 6.65. The fraction of sp³-hybridized carbons (Fsp3) is 0.500. The first-order valence-corrected chi connectivity index (χ1v) is 5.03. The van der Waals surface area contributed by atoms with Crippen LogP contribution in [0.25, 0.3) is 0 Å². The minimum absolute atomic E-state index is 0.0751. The number of benzene rings is 1. The number of methoxy groups -OCH3 is 1. The van der Waals surface area contributed by atoms with Crippen LogP contribution >= 0.6 is 0 Å². The maximum absolute atomic E-state index is 6.09. The van der Waals surface area contributed by atoms with E-state index in [-0.39, 0.29) is 6.04 Å². The lowest BCUT2D eigenvalue weighted by atomic mass is 9.97. The largest absolute Gasteiger partial charge is 0.496 e. The Morgan fingerprint density at radius 3 is 2.50 bits per heavy atom. The fourth-order valence-corrected chi connectivity index (χ4v) is 1.61. The van der Waals surface area contributed by atoms with Gasteiger partial charge in [-0.05, 0) is 18.4 Å². The molecule has 0 spiro atoms. The van der Waals surface area contributed by atoms with Crippen molar-refractivity contribution in [3.8, 4) is 5.75 Å². The van der Waals surface area contributed by atoms with E-state index in [0.717, 1.165) is 17.7 Å². The topological polar surface area (TPSA) is 35.2 Å². The Balaban J connectivity index is 2.82. The van der Waals surface area contributed by atoms with Crippen LogP contribution in [0.15, 0.2) is 24.3 Å². The van der Waals surface area contributed by atoms with Crippen LogP contribution in [-0.2, 0) is 0 Å². The van der Waals surface area contributed by atoms with Crippen LogP contribution in [0.1, 0.15) is 31.9 Å². The standard InChI is InChI=1S/C12H19NO/c1-9(2)8-11(13)10-6-4-5-7-12(10)14-3/h4-7,9,11H,8,13H2,1-3H3/t11-/m1/s1. The zero-order chi connectivity index (χ0) is 10.6. The van der Waals surface area contributed by atoms with Crippen molar-refractivity contribution < 1.29 is 4.74 Å². The Morgan fingerprint density at radius 1 is 1.29 bits per heavy atom. The molecule has 0 aliphatic rings. The first kappa shape index (κ1) is 11.1. The lowest BCUT2D eigenvalue weighted by molar-refractivity contribution is 0.399. The quantitative estimate of drug-likeness (QED) is 0.798. The monoisotopic (exact) mass is 193 g/mol. The van der Waals surface area contributed by atoms with Crippen molar-refractivity contribution in [1.29, 1.82) is 0 Å². The van der Waals surface area contributed by atoms with Crippen LogP contribution in [-0.4, -0.2) is 7.11 Å². The molecule has 2 nitrogen and oxygen atoms in total. The molecule has 1 aromatic carbocycles. The van der Waals surface area contributed by atoms with Gasteiger partial charge < -0.3 is 10.5 Å². The lowest BCUT2D eigenvalue weighted by Crippen LogP contribution is -2.13. The van der Waals surface area contributed by atoms with E-state index in [1.165, 1.54) is 0 Å². The number of hydrogen-bond donors (Lipinski definition) is 1. The molecule has 14 heavy (non-hydrogen) atoms. The van der Waals surface area contributed by atoms with Gasteiger partial charge in [-0.15, -0.1) is 0 Å². The molecule has 1 rings (SSSR count). The maximum atomic E-state index is 6.09. The zero-order valence-corrected chi connectivity index (χ0v) is 9.16. The van der Waals surface area contributed by atoms with E-state index in [0.29, 0.717) is 5.92 Å². The summed E-state index contributed by atoms with van der Waals surface area (Å²) < 4.78 is 5.27. The summed E-state index contributed by atoms with van der Waals surface area (Å²) in [5.41, 5.74) is 7.19. The third kappa shape index (κ3) is 2.74. The van der Waals surface area contributed by atoms with Gasteiger partial charge in [0.2, 0.25) is 0 Å². The van der Waals surface area contributed by atoms with Crippen molar-refractivity contribution in [3.63, 3.8) is 0 Å². The van der Waals surface area contributed by atoms with Gasteiger partial charge in [0.25, 0.3) is 0 Å². The molecule has 0 bridgehead atoms. The van der Waals surface area contributed by atoms with Crippen LogP contribution in [0, 0.1) is 5.92 Å². The van der Waals surface area contributed by atoms with Gasteiger partial charge in [0.15, 0.2) is 0 Å². The van der Waals surface area contributed by atoms with E-state index in [1.807, 2.05) is 24.3 Å². The van der Waals surface area contributed by atoms with Gasteiger partial charge in [-0.3, -0.25) is 0 Å². The highest BCUT2D eigenvalue weighted by Gasteiger charge is 2.12. The van der Waals surface area contributed by atoms with Crippen molar-refractivity contribution in [2.24, 2.45) is 11.7 Å². The SMILES string of the molecule is COc1ccccc1[C@H](N)CC(C)C. The van der Waals surface area contributed by atoms with Gasteiger partial charge >= 0.3 is 0 Å². The smallest absolute Gasteiger partial charge is 0.123 e. The number of hydrogen-bond acceptors (Lipinski definition) is 2. The minimum Gasteiger partial charge on any atom is -0.496 e. The molecule has 1 atom stereocenters. The Hall–Kier alpha value is -1.02. The average molecular weight is 193 g/mol. The Bertz CT molecular complexity index is 283. The van der Waals surface area contributed by atoms with E-state index in [9.17, 15) is 0 Å². The summed E-state index contributed by atoms with van der Waals surface area (Å²) in [5, 5.41) is 0. The molecule has 0 radical (unpaired) electrons. The Kier molecular flexibility index (Phi) is 3.96. The summed E-state index contributed by atoms with van der Waals surface area (Å²) in [6, 6.07) is 8.02. The van der Waals surface area contributed by atoms with E-state index >= 15 is 0 Å². The van der Waals surface area contributed by atoms with Gasteiger partial charge in [-0.25, -0.2) is 0 Å². The molecule has 0 aromatic heterocycles. The number of rotatable bonds is 4. The zero-order valence-electron chi connectivity index (χ0n) is 9.16. The molecular weight excluding hydrogens is 174 g/mol. The summed E-state index contributed by atoms with van der Waals surface area (Å²) in [6.45, 7) is 4.35. The highest BCUT2D eigenvalue weighted by atomic mass is 16.5. The van der Waals surface area contributed by atoms with E-state index in [4.69, 9.17) is 10.5 Å². The van der Waals surface area contributed by atoms with Gasteiger partial charge in [0, 0.05) is 11.6 Å². The van der Waals surface area contributed by atoms with E-state index < -0.39 is 0 Å². The summed E-state index contributed by atoms with van der Waals surface area (Å²) in [7, 11) is 1.68. The molecule has 78 valence electrons. The van der Waals surface area contributed by atoms with E-state index in [2.05, 4.69) is 13.8 Å². The molecule has 2 heteroatoms. The molecule has 0 unspecified atom stereocenters. The average Bonchev–Trinajstić information content (AvgIpc) is 2.16. The van der Waals surface area contributed by atoms with Crippen LogP contribution in [0.5, 0.6) is 5.75 Å². The second-order valence-electron chi connectivity index (χ2n) is 3.98. The van der Waals surface area contributed by atoms with Crippen LogP contribution in [0.3, 0.4) is 0 Å². The summed E-state index contributed by atoms with van der Waals surface area (Å²) in [6.07, 6.45) is 0.986. The third-order valence-electron chi connectivity index (χ3n) is 2.26. The second kappa shape index (κ2) is 5.01. The molecule has 0 heterocycles. The normalized spacial score (nSPS) is 12.9. The number of ether oxygens (including phenoxy) is 1. The third-order valence-corrected chi connectivity index (χ3v) is 2.26. The molecule has 0 saturated carbocycles. The molecule has 2 N–H and O–H groups in total. The molecule has 0 saturated heterocycles. The van der Waals surface area contributed by atoms with Gasteiger partial charge in [-0.1, -0.05) is 32.0 Å². The van der Waals surface area contributed by atoms with Crippen LogP contribution in [0.4, 0.5) is 0 Å². The van der Waals surface area contributed by atoms with Gasteiger partial charge in [-0.2, -0.15) is 0 Å². The predicted octanol–water partition coefficient (Wildman–Crippen LogP) is 2.74. The van der Waals surface area contributed by atoms with Crippen molar-refractivity contribution in [1.82, 2.24) is 0 Å². The van der Waals surface area contributed by atoms with Crippen molar-refractivity contribution in [3.05, 3.63) is 29.8 Å². The van der Waals surface area contributed by atoms with Crippen LogP contribution in [0.2, 0.25) is 0 Å². The number of nitrogens with two attached hydrogens (primary N) is 1. The number of para-hydroxylation sites is 1. The Labute approximate surface area is 86.1 Å². The molecule has 0 aliphatic heterocycles. The summed E-state index contributed by atoms with van der Waals surface area (Å²) in [4.78, 5) is 0. The van der Waals surface area contributed by atoms with Crippen molar-refractivity contribution in [2.75, 3.05) is 7.11 Å². The second-order valence-corrected chi connectivity index (χ2v) is 3.98. The molecule has 0 aliphatic carbocycles. The Morgan fingerprint density at radius 2 is 1.93 bits per heavy atom. The summed E-state index contributed by atoms with van der Waals surface area (Å²) in [5.74, 6) is 1.50. The fourth-order valence-electron chi connectivity index (χ4n) is 1.61. The maximum Gasteiger partial charge on any atom is 0.123 e. The van der Waals surface area contributed by atoms with Gasteiger partial charge in [0.1, 0.15) is 5.75 Å². The van der Waals surface area contributed by atoms with E-state index in [1.54, 1.807) is 7.11 Å². The first-order valence-electron chi connectivity index (χ1n) is 5.03. The van der Waals surface area contributed by atoms with Gasteiger partial charge in [0.05, 0.1) is 7.11 Å². The predicted molar refractivity (Wildman–Crippen MR) is 59.4 cm³/mol. The molecular formula is C12H19NO. The molecule has 1 aromatic rings. The van der Waals surface area contributed by atoms with Crippen molar-refractivity contribution >= 4 is 0 Å². The molecule has 0 amide bonds.